The van der Waals surface area contributed by atoms with Crippen LogP contribution in [0, 0.1) is 6.92 Å². The van der Waals surface area contributed by atoms with Crippen molar-refractivity contribution in [3.63, 3.8) is 0 Å². The summed E-state index contributed by atoms with van der Waals surface area (Å²) < 4.78 is 5.19. The van der Waals surface area contributed by atoms with E-state index in [9.17, 15) is 4.79 Å². The fourth-order valence-electron chi connectivity index (χ4n) is 2.98. The van der Waals surface area contributed by atoms with Crippen LogP contribution in [0.4, 0.5) is 0 Å². The lowest BCUT2D eigenvalue weighted by molar-refractivity contribution is 0.0679. The van der Waals surface area contributed by atoms with Crippen LogP contribution in [-0.2, 0) is 11.3 Å². The standard InChI is InChI=1S/C23H24N2O2/c1-18-21(13-14-22(24-18)20-11-7-4-8-12-20)23(26)25(15-16-27-2)17-19-9-5-3-6-10-19/h3-14H,15-17H2,1-2H3. The second-order valence-electron chi connectivity index (χ2n) is 6.40. The minimum absolute atomic E-state index is 0.0273. The van der Waals surface area contributed by atoms with Gasteiger partial charge in [0.1, 0.15) is 0 Å². The van der Waals surface area contributed by atoms with Gasteiger partial charge in [-0.3, -0.25) is 9.78 Å². The molecule has 27 heavy (non-hydrogen) atoms. The largest absolute Gasteiger partial charge is 0.383 e. The molecule has 138 valence electrons. The first-order valence-corrected chi connectivity index (χ1v) is 9.04. The molecule has 0 saturated carbocycles. The highest BCUT2D eigenvalue weighted by atomic mass is 16.5. The maximum absolute atomic E-state index is 13.2. The van der Waals surface area contributed by atoms with Crippen LogP contribution in [0.5, 0.6) is 0 Å². The van der Waals surface area contributed by atoms with Crippen molar-refractivity contribution < 1.29 is 9.53 Å². The van der Waals surface area contributed by atoms with Gasteiger partial charge in [-0.1, -0.05) is 60.7 Å². The quantitative estimate of drug-likeness (QED) is 0.629. The fourth-order valence-corrected chi connectivity index (χ4v) is 2.98. The topological polar surface area (TPSA) is 42.4 Å². The van der Waals surface area contributed by atoms with E-state index in [0.29, 0.717) is 25.3 Å². The third kappa shape index (κ3) is 4.80. The van der Waals surface area contributed by atoms with Crippen molar-refractivity contribution in [2.75, 3.05) is 20.3 Å². The zero-order valence-corrected chi connectivity index (χ0v) is 15.8. The molecule has 0 saturated heterocycles. The SMILES string of the molecule is COCCN(Cc1ccccc1)C(=O)c1ccc(-c2ccccc2)nc1C. The number of aromatic nitrogens is 1. The molecule has 1 heterocycles. The number of amides is 1. The van der Waals surface area contributed by atoms with Gasteiger partial charge in [-0.15, -0.1) is 0 Å². The number of hydrogen-bond donors (Lipinski definition) is 0. The van der Waals surface area contributed by atoms with Gasteiger partial charge in [0.2, 0.25) is 0 Å². The van der Waals surface area contributed by atoms with Crippen LogP contribution < -0.4 is 0 Å². The number of rotatable bonds is 7. The molecule has 0 aliphatic heterocycles. The Bertz CT molecular complexity index is 879. The Kier molecular flexibility index (Phi) is 6.34. The van der Waals surface area contributed by atoms with Crippen LogP contribution in [0.25, 0.3) is 11.3 Å². The van der Waals surface area contributed by atoms with Crippen LogP contribution in [0.3, 0.4) is 0 Å². The molecule has 0 aliphatic rings. The Morgan fingerprint density at radius 2 is 1.63 bits per heavy atom. The van der Waals surface area contributed by atoms with Crippen molar-refractivity contribution in [2.45, 2.75) is 13.5 Å². The smallest absolute Gasteiger partial charge is 0.256 e. The van der Waals surface area contributed by atoms with Crippen LogP contribution in [0.1, 0.15) is 21.6 Å². The van der Waals surface area contributed by atoms with E-state index in [2.05, 4.69) is 4.98 Å². The number of pyridine rings is 1. The van der Waals surface area contributed by atoms with E-state index in [0.717, 1.165) is 22.5 Å². The highest BCUT2D eigenvalue weighted by Gasteiger charge is 2.19. The molecule has 0 fully saturated rings. The summed E-state index contributed by atoms with van der Waals surface area (Å²) >= 11 is 0. The van der Waals surface area contributed by atoms with Gasteiger partial charge in [0.05, 0.1) is 23.6 Å². The molecule has 4 nitrogen and oxygen atoms in total. The van der Waals surface area contributed by atoms with Crippen molar-refractivity contribution in [3.05, 3.63) is 89.6 Å². The summed E-state index contributed by atoms with van der Waals surface area (Å²) in [6.45, 7) is 3.46. The molecule has 0 atom stereocenters. The van der Waals surface area contributed by atoms with Crippen LogP contribution >= 0.6 is 0 Å². The molecule has 0 bridgehead atoms. The molecule has 0 aliphatic carbocycles. The molecule has 0 unspecified atom stereocenters. The number of benzene rings is 2. The first-order valence-electron chi connectivity index (χ1n) is 9.04. The summed E-state index contributed by atoms with van der Waals surface area (Å²) in [6, 6.07) is 23.7. The van der Waals surface area contributed by atoms with E-state index < -0.39 is 0 Å². The van der Waals surface area contributed by atoms with Crippen molar-refractivity contribution in [2.24, 2.45) is 0 Å². The van der Waals surface area contributed by atoms with Gasteiger partial charge in [-0.05, 0) is 24.6 Å². The number of aryl methyl sites for hydroxylation is 1. The second-order valence-corrected chi connectivity index (χ2v) is 6.40. The molecule has 0 N–H and O–H groups in total. The minimum atomic E-state index is -0.0273. The zero-order valence-electron chi connectivity index (χ0n) is 15.8. The summed E-state index contributed by atoms with van der Waals surface area (Å²) in [6.07, 6.45) is 0. The van der Waals surface area contributed by atoms with Crippen LogP contribution in [0.2, 0.25) is 0 Å². The Morgan fingerprint density at radius 3 is 2.26 bits per heavy atom. The number of hydrogen-bond acceptors (Lipinski definition) is 3. The van der Waals surface area contributed by atoms with Gasteiger partial charge in [-0.2, -0.15) is 0 Å². The Labute approximate surface area is 160 Å². The van der Waals surface area contributed by atoms with Crippen molar-refractivity contribution in [1.82, 2.24) is 9.88 Å². The van der Waals surface area contributed by atoms with E-state index in [4.69, 9.17) is 4.74 Å². The Balaban J connectivity index is 1.84. The third-order valence-corrected chi connectivity index (χ3v) is 4.45. The lowest BCUT2D eigenvalue weighted by Gasteiger charge is -2.23. The van der Waals surface area contributed by atoms with Gasteiger partial charge in [0.25, 0.3) is 5.91 Å². The highest BCUT2D eigenvalue weighted by molar-refractivity contribution is 5.95. The lowest BCUT2D eigenvalue weighted by Crippen LogP contribution is -2.34. The van der Waals surface area contributed by atoms with E-state index in [1.807, 2.05) is 84.6 Å². The molecular weight excluding hydrogens is 336 g/mol. The number of methoxy groups -OCH3 is 1. The molecule has 0 radical (unpaired) electrons. The maximum Gasteiger partial charge on any atom is 0.256 e. The average molecular weight is 360 g/mol. The molecule has 1 amide bonds. The number of carbonyl (C=O) groups excluding carboxylic acids is 1. The van der Waals surface area contributed by atoms with Crippen molar-refractivity contribution in [1.29, 1.82) is 0 Å². The Hall–Kier alpha value is -2.98. The summed E-state index contributed by atoms with van der Waals surface area (Å²) in [7, 11) is 1.65. The zero-order chi connectivity index (χ0) is 19.1. The molecule has 1 aromatic heterocycles. The summed E-state index contributed by atoms with van der Waals surface area (Å²) in [5, 5.41) is 0. The highest BCUT2D eigenvalue weighted by Crippen LogP contribution is 2.20. The molecule has 2 aromatic carbocycles. The van der Waals surface area contributed by atoms with Gasteiger partial charge >= 0.3 is 0 Å². The van der Waals surface area contributed by atoms with Crippen LogP contribution in [0.15, 0.2) is 72.8 Å². The van der Waals surface area contributed by atoms with Crippen molar-refractivity contribution >= 4 is 5.91 Å². The number of carbonyl (C=O) groups is 1. The van der Waals surface area contributed by atoms with Gasteiger partial charge in [0.15, 0.2) is 0 Å². The summed E-state index contributed by atoms with van der Waals surface area (Å²) in [5.74, 6) is -0.0273. The first kappa shape index (κ1) is 18.8. The number of nitrogens with zero attached hydrogens (tertiary/aromatic N) is 2. The van der Waals surface area contributed by atoms with E-state index in [1.165, 1.54) is 0 Å². The minimum Gasteiger partial charge on any atom is -0.383 e. The third-order valence-electron chi connectivity index (χ3n) is 4.45. The summed E-state index contributed by atoms with van der Waals surface area (Å²) in [4.78, 5) is 19.6. The molecule has 3 rings (SSSR count). The Morgan fingerprint density at radius 1 is 0.963 bits per heavy atom. The molecule has 4 heteroatoms. The van der Waals surface area contributed by atoms with E-state index >= 15 is 0 Å². The predicted molar refractivity (Wildman–Crippen MR) is 107 cm³/mol. The summed E-state index contributed by atoms with van der Waals surface area (Å²) in [5.41, 5.74) is 4.36. The van der Waals surface area contributed by atoms with Gasteiger partial charge < -0.3 is 9.64 Å². The van der Waals surface area contributed by atoms with E-state index in [-0.39, 0.29) is 5.91 Å². The predicted octanol–water partition coefficient (Wildman–Crippen LogP) is 4.35. The fraction of sp³-hybridized carbons (Fsp3) is 0.217. The van der Waals surface area contributed by atoms with Gasteiger partial charge in [0, 0.05) is 25.8 Å². The monoisotopic (exact) mass is 360 g/mol. The maximum atomic E-state index is 13.2. The second kappa shape index (κ2) is 9.10. The average Bonchev–Trinajstić information content (AvgIpc) is 2.72. The lowest BCUT2D eigenvalue weighted by atomic mass is 10.1. The molecular formula is C23H24N2O2. The number of ether oxygens (including phenoxy) is 1. The first-order chi connectivity index (χ1) is 13.2. The normalized spacial score (nSPS) is 10.6. The van der Waals surface area contributed by atoms with Gasteiger partial charge in [-0.25, -0.2) is 0 Å². The van der Waals surface area contributed by atoms with E-state index in [1.54, 1.807) is 7.11 Å². The van der Waals surface area contributed by atoms with Crippen LogP contribution in [-0.4, -0.2) is 36.1 Å². The van der Waals surface area contributed by atoms with Crippen molar-refractivity contribution in [3.8, 4) is 11.3 Å². The molecule has 3 aromatic rings. The molecule has 0 spiro atoms.